The summed E-state index contributed by atoms with van der Waals surface area (Å²) in [5.41, 5.74) is 1.42. The van der Waals surface area contributed by atoms with E-state index in [1.807, 2.05) is 98.8 Å². The fraction of sp³-hybridized carbons (Fsp3) is 0.821. The third-order valence-electron chi connectivity index (χ3n) is 22.3. The fourth-order valence-corrected chi connectivity index (χ4v) is 15.3. The van der Waals surface area contributed by atoms with Crippen LogP contribution in [0, 0.1) is 47.3 Å². The molecule has 2 fully saturated rings. The Morgan fingerprint density at radius 3 is 1.46 bits per heavy atom. The van der Waals surface area contributed by atoms with Crippen molar-refractivity contribution in [3.63, 3.8) is 0 Å². The summed E-state index contributed by atoms with van der Waals surface area (Å²) < 4.78 is 61.6. The Balaban J connectivity index is 1.36. The Morgan fingerprint density at radius 1 is 0.500 bits per heavy atom. The average Bonchev–Trinajstić information content (AvgIpc) is 1.01. The normalized spacial score (nSPS) is 40.4. The molecule has 2 saturated heterocycles. The van der Waals surface area contributed by atoms with Crippen LogP contribution in [-0.2, 0) is 57.0 Å². The molecule has 0 aliphatic carbocycles. The number of rotatable bonds is 18. The number of cyclic esters (lactones) is 2. The zero-order valence-corrected chi connectivity index (χ0v) is 62.3. The van der Waals surface area contributed by atoms with E-state index in [0.29, 0.717) is 62.5 Å². The van der Waals surface area contributed by atoms with Gasteiger partial charge in [0.05, 0.1) is 122 Å². The van der Waals surface area contributed by atoms with Crippen molar-refractivity contribution in [2.24, 2.45) is 47.3 Å². The van der Waals surface area contributed by atoms with E-state index in [-0.39, 0.29) is 92.8 Å². The number of hydrogen-bond acceptors (Lipinski definition) is 20. The maximum atomic E-state index is 13.9. The fourth-order valence-electron chi connectivity index (χ4n) is 15.3. The summed E-state index contributed by atoms with van der Waals surface area (Å²) in [5.74, 6) is -5.32. The molecule has 0 spiro atoms. The van der Waals surface area contributed by atoms with Crippen LogP contribution >= 0.6 is 0 Å². The maximum Gasteiger partial charge on any atom is 0.331 e. The maximum absolute atomic E-state index is 13.9. The summed E-state index contributed by atoms with van der Waals surface area (Å²) in [6.07, 6.45) is 14.4. The predicted octanol–water partition coefficient (Wildman–Crippen LogP) is 10.1. The summed E-state index contributed by atoms with van der Waals surface area (Å²) >= 11 is 0. The van der Waals surface area contributed by atoms with Gasteiger partial charge in [0.1, 0.15) is 12.2 Å². The quantitative estimate of drug-likeness (QED) is 0.0468. The van der Waals surface area contributed by atoms with E-state index in [0.717, 1.165) is 32.1 Å². The molecule has 564 valence electrons. The molecule has 5 rings (SSSR count). The lowest BCUT2D eigenvalue weighted by Gasteiger charge is -2.38. The summed E-state index contributed by atoms with van der Waals surface area (Å²) in [4.78, 5) is 27.8. The first-order valence-electron chi connectivity index (χ1n) is 37.1. The van der Waals surface area contributed by atoms with Gasteiger partial charge < -0.3 is 88.2 Å². The number of carbonyl (C=O) groups excluding carboxylic acids is 2. The van der Waals surface area contributed by atoms with Crippen LogP contribution in [0.2, 0.25) is 0 Å². The van der Waals surface area contributed by atoms with Crippen LogP contribution in [0.15, 0.2) is 71.9 Å². The minimum absolute atomic E-state index is 0.00523. The van der Waals surface area contributed by atoms with Crippen molar-refractivity contribution in [2.45, 2.75) is 333 Å². The molecule has 20 heteroatoms. The number of methoxy groups -OCH3 is 4. The lowest BCUT2D eigenvalue weighted by Crippen LogP contribution is -2.45. The highest BCUT2D eigenvalue weighted by Crippen LogP contribution is 2.36. The van der Waals surface area contributed by atoms with Gasteiger partial charge in [0, 0.05) is 108 Å². The molecule has 5 aliphatic rings. The van der Waals surface area contributed by atoms with Gasteiger partial charge in [-0.3, -0.25) is 0 Å². The monoisotopic (exact) mass is 1390 g/mol. The van der Waals surface area contributed by atoms with Gasteiger partial charge in [0.15, 0.2) is 0 Å². The number of carbonyl (C=O) groups is 2. The molecule has 98 heavy (non-hydrogen) atoms. The number of allylic oxidation sites excluding steroid dienone is 4. The second-order valence-corrected chi connectivity index (χ2v) is 30.3. The van der Waals surface area contributed by atoms with E-state index in [2.05, 4.69) is 0 Å². The van der Waals surface area contributed by atoms with Gasteiger partial charge >= 0.3 is 11.9 Å². The lowest BCUT2D eigenvalue weighted by molar-refractivity contribution is -0.155. The van der Waals surface area contributed by atoms with Gasteiger partial charge in [0.25, 0.3) is 0 Å². The molecule has 5 heterocycles. The number of hydrogen-bond donors (Lipinski definition) is 8. The van der Waals surface area contributed by atoms with Gasteiger partial charge in [-0.1, -0.05) is 115 Å². The molecule has 0 saturated carbocycles. The SMILES string of the molecule is CO[C@H]1C[C@H](CC[C@H](C)[C@H](O)[C@H](C)[C@@H](O)[C@@H](C)[C@H](O)C[C@@H]2OC(=O)/C=C/C(C)=C/C[C@H](O)C[C@@H]3C=CC[C@@H](C[C@H](OC)[C@@H](C)[C@@H](O)C[C@@H](O)[C@H](C)[C@H](O)[C@@H](C)[C@H]([C@@H](C)CC[C@H]4C[C@H](OC)C[C@H](C)O4)OC(=O)/C=C/C(C)=C/C[C@H](O)C[C@@H]4C=CC[C@@H](C[C@H](OC)[C@H]2C)O4)O3)O[C@@H](C)C1. The Kier molecular flexibility index (Phi) is 37.6. The van der Waals surface area contributed by atoms with E-state index < -0.39 is 133 Å². The van der Waals surface area contributed by atoms with Crippen LogP contribution in [-0.4, -0.2) is 216 Å². The highest BCUT2D eigenvalue weighted by Gasteiger charge is 2.42. The number of ether oxygens (including phenoxy) is 10. The van der Waals surface area contributed by atoms with E-state index in [4.69, 9.17) is 47.4 Å². The van der Waals surface area contributed by atoms with Gasteiger partial charge in [-0.15, -0.1) is 0 Å². The van der Waals surface area contributed by atoms with Crippen molar-refractivity contribution < 1.29 is 97.8 Å². The Morgan fingerprint density at radius 2 is 0.969 bits per heavy atom. The molecule has 4 bridgehead atoms. The summed E-state index contributed by atoms with van der Waals surface area (Å²) in [6, 6.07) is 0. The second-order valence-electron chi connectivity index (χ2n) is 30.3. The van der Waals surface area contributed by atoms with E-state index in [1.54, 1.807) is 61.4 Å². The molecule has 0 amide bonds. The summed E-state index contributed by atoms with van der Waals surface area (Å²) in [5, 5.41) is 93.6. The number of aliphatic hydroxyl groups is 8. The number of esters is 2. The molecule has 0 aromatic carbocycles. The van der Waals surface area contributed by atoms with Crippen LogP contribution in [0.5, 0.6) is 0 Å². The van der Waals surface area contributed by atoms with Crippen molar-refractivity contribution >= 4 is 11.9 Å². The Bertz CT molecular complexity index is 2480. The summed E-state index contributed by atoms with van der Waals surface area (Å²) in [6.45, 7) is 22.5. The van der Waals surface area contributed by atoms with Crippen molar-refractivity contribution in [1.82, 2.24) is 0 Å². The second kappa shape index (κ2) is 43.1. The standard InChI is InChI=1S/C78H132O20/c1-45-23-29-57(79)37-59-19-17-21-61(95-59)41-70(91-15)51(7)67(81)43-68(82)52(8)77(88)56(12)78(48(4)28-32-64-40-66(90-14)36-50(6)94-64)98-74(85)34-26-46(2)24-30-58(80)38-60-20-18-22-62(96-60)42-71(92-16)54(10)72(97-73(84)33-25-45)44-69(83)53(9)76(87)55(11)75(86)47(3)27-31-63-39-65(89-13)35-49(5)93-63/h17-20,23-26,33-34,47-72,75-83,86-88H,21-22,27-32,35-44H2,1-16H3/b33-25+,34-26+,45-23+,46-24+/t47-,48-,49-,50-,51-,52-,53-,54+,55-,56+,57-,58-,59-,60-,61-,62-,63-,64-,65+,66+,67-,68+,69+,70-,71-,72-,75-,76-,77-,78-/m0/s1. The zero-order valence-electron chi connectivity index (χ0n) is 62.3. The van der Waals surface area contributed by atoms with Gasteiger partial charge in [-0.05, 0) is 123 Å². The van der Waals surface area contributed by atoms with Crippen molar-refractivity contribution in [3.8, 4) is 0 Å². The van der Waals surface area contributed by atoms with Crippen molar-refractivity contribution in [2.75, 3.05) is 28.4 Å². The molecule has 0 unspecified atom stereocenters. The molecule has 8 N–H and O–H groups in total. The molecular formula is C78H132O20. The molecule has 0 radical (unpaired) electrons. The van der Waals surface area contributed by atoms with E-state index >= 15 is 0 Å². The van der Waals surface area contributed by atoms with Gasteiger partial charge in [-0.2, -0.15) is 0 Å². The third-order valence-corrected chi connectivity index (χ3v) is 22.3. The van der Waals surface area contributed by atoms with Crippen molar-refractivity contribution in [1.29, 1.82) is 0 Å². The lowest BCUT2D eigenvalue weighted by atomic mass is 9.79. The largest absolute Gasteiger partial charge is 0.459 e. The molecular weight excluding hydrogens is 1260 g/mol. The van der Waals surface area contributed by atoms with Crippen LogP contribution in [0.3, 0.4) is 0 Å². The highest BCUT2D eigenvalue weighted by atomic mass is 16.6. The van der Waals surface area contributed by atoms with Gasteiger partial charge in [-0.25, -0.2) is 9.59 Å². The van der Waals surface area contributed by atoms with E-state index in [9.17, 15) is 50.4 Å². The third kappa shape index (κ3) is 28.1. The van der Waals surface area contributed by atoms with Gasteiger partial charge in [0.2, 0.25) is 0 Å². The Labute approximate surface area is 587 Å². The Hall–Kier alpha value is -3.26. The molecule has 20 nitrogen and oxygen atoms in total. The van der Waals surface area contributed by atoms with Crippen LogP contribution in [0.4, 0.5) is 0 Å². The van der Waals surface area contributed by atoms with E-state index in [1.165, 1.54) is 12.2 Å². The summed E-state index contributed by atoms with van der Waals surface area (Å²) in [7, 11) is 6.59. The first-order chi connectivity index (χ1) is 46.4. The van der Waals surface area contributed by atoms with Crippen LogP contribution < -0.4 is 0 Å². The number of aliphatic hydroxyl groups excluding tert-OH is 8. The first kappa shape index (κ1) is 85.4. The van der Waals surface area contributed by atoms with Crippen LogP contribution in [0.25, 0.3) is 0 Å². The predicted molar refractivity (Wildman–Crippen MR) is 377 cm³/mol. The topological polar surface area (TPSA) is 288 Å². The minimum atomic E-state index is -1.17. The zero-order chi connectivity index (χ0) is 72.5. The molecule has 5 aliphatic heterocycles. The van der Waals surface area contributed by atoms with Crippen molar-refractivity contribution in [3.05, 3.63) is 71.9 Å². The molecule has 30 atom stereocenters. The minimum Gasteiger partial charge on any atom is -0.459 e. The smallest absolute Gasteiger partial charge is 0.331 e. The number of fused-ring (bicyclic) bond motifs is 4. The highest BCUT2D eigenvalue weighted by molar-refractivity contribution is 5.83. The van der Waals surface area contributed by atoms with Crippen LogP contribution in [0.1, 0.15) is 199 Å². The molecule has 0 aromatic rings. The first-order valence-corrected chi connectivity index (χ1v) is 37.1. The molecule has 0 aromatic heterocycles. The average molecular weight is 1390 g/mol.